The second-order valence-electron chi connectivity index (χ2n) is 9.15. The quantitative estimate of drug-likeness (QED) is 0.630. The fraction of sp³-hybridized carbons (Fsp3) is 0.520. The Morgan fingerprint density at radius 2 is 1.93 bits per heavy atom. The van der Waals surface area contributed by atoms with Gasteiger partial charge in [-0.1, -0.05) is 48.9 Å². The summed E-state index contributed by atoms with van der Waals surface area (Å²) < 4.78 is 0. The summed E-state index contributed by atoms with van der Waals surface area (Å²) in [5.41, 5.74) is 3.60. The summed E-state index contributed by atoms with van der Waals surface area (Å²) in [5.74, 6) is 1.34. The lowest BCUT2D eigenvalue weighted by molar-refractivity contribution is -0.139. The number of aromatic nitrogens is 1. The van der Waals surface area contributed by atoms with Gasteiger partial charge >= 0.3 is 0 Å². The van der Waals surface area contributed by atoms with E-state index in [-0.39, 0.29) is 12.0 Å². The van der Waals surface area contributed by atoms with Gasteiger partial charge in [-0.2, -0.15) is 0 Å². The van der Waals surface area contributed by atoms with Gasteiger partial charge in [0.05, 0.1) is 11.7 Å². The Hall–Kier alpha value is -1.98. The van der Waals surface area contributed by atoms with E-state index in [1.807, 2.05) is 6.07 Å². The molecule has 3 aliphatic rings. The number of rotatable bonds is 8. The molecule has 1 saturated heterocycles. The van der Waals surface area contributed by atoms with Crippen molar-refractivity contribution >= 4 is 17.2 Å². The number of nitrogens with one attached hydrogen (secondary N) is 1. The minimum Gasteiger partial charge on any atom is -0.337 e. The van der Waals surface area contributed by atoms with Crippen LogP contribution < -0.4 is 5.32 Å². The maximum absolute atomic E-state index is 13.1. The Bertz CT molecular complexity index is 900. The van der Waals surface area contributed by atoms with E-state index in [0.29, 0.717) is 11.9 Å². The second kappa shape index (κ2) is 8.64. The van der Waals surface area contributed by atoms with Crippen LogP contribution in [0.2, 0.25) is 0 Å². The summed E-state index contributed by atoms with van der Waals surface area (Å²) in [7, 11) is 0. The number of carbonyl (C=O) groups is 1. The predicted molar refractivity (Wildman–Crippen MR) is 122 cm³/mol. The summed E-state index contributed by atoms with van der Waals surface area (Å²) in [5, 5.41) is 6.99. The van der Waals surface area contributed by atoms with Crippen LogP contribution in [0.3, 0.4) is 0 Å². The van der Waals surface area contributed by atoms with Gasteiger partial charge in [0, 0.05) is 42.4 Å². The van der Waals surface area contributed by atoms with E-state index in [9.17, 15) is 4.79 Å². The highest BCUT2D eigenvalue weighted by Crippen LogP contribution is 2.36. The minimum absolute atomic E-state index is 0.191. The molecule has 158 valence electrons. The third kappa shape index (κ3) is 4.23. The largest absolute Gasteiger partial charge is 0.337 e. The molecule has 2 unspecified atom stereocenters. The SMILES string of the molecule is C=C(CNC1CCN(C(=O)C2CCC2)C1Cc1csc(-c2ccccc2)n1)C1CC1. The summed E-state index contributed by atoms with van der Waals surface area (Å²) in [6.07, 6.45) is 7.77. The van der Waals surface area contributed by atoms with E-state index >= 15 is 0 Å². The number of likely N-dealkylation sites (tertiary alicyclic amines) is 1. The van der Waals surface area contributed by atoms with Gasteiger partial charge in [0.25, 0.3) is 0 Å². The van der Waals surface area contributed by atoms with E-state index < -0.39 is 0 Å². The van der Waals surface area contributed by atoms with Crippen LogP contribution in [0.15, 0.2) is 47.9 Å². The summed E-state index contributed by atoms with van der Waals surface area (Å²) in [6, 6.07) is 10.9. The third-order valence-corrected chi connectivity index (χ3v) is 7.96. The van der Waals surface area contributed by atoms with Crippen molar-refractivity contribution in [3.63, 3.8) is 0 Å². The second-order valence-corrected chi connectivity index (χ2v) is 10.0. The monoisotopic (exact) mass is 421 g/mol. The lowest BCUT2D eigenvalue weighted by Crippen LogP contribution is -2.49. The molecule has 4 nitrogen and oxygen atoms in total. The Morgan fingerprint density at radius 3 is 2.63 bits per heavy atom. The molecule has 3 fully saturated rings. The van der Waals surface area contributed by atoms with E-state index in [4.69, 9.17) is 4.98 Å². The molecule has 1 aromatic heterocycles. The highest BCUT2D eigenvalue weighted by molar-refractivity contribution is 7.13. The Kier molecular flexibility index (Phi) is 5.74. The molecule has 2 atom stereocenters. The van der Waals surface area contributed by atoms with Gasteiger partial charge in [-0.3, -0.25) is 4.79 Å². The fourth-order valence-corrected chi connectivity index (χ4v) is 5.57. The normalized spacial score (nSPS) is 24.1. The van der Waals surface area contributed by atoms with Crippen LogP contribution in [0.4, 0.5) is 0 Å². The fourth-order valence-electron chi connectivity index (χ4n) is 4.73. The van der Waals surface area contributed by atoms with Crippen LogP contribution >= 0.6 is 11.3 Å². The molecule has 0 radical (unpaired) electrons. The first-order valence-electron chi connectivity index (χ1n) is 11.4. The molecule has 0 spiro atoms. The van der Waals surface area contributed by atoms with Crippen molar-refractivity contribution in [2.75, 3.05) is 13.1 Å². The number of amides is 1. The molecule has 0 bridgehead atoms. The van der Waals surface area contributed by atoms with Crippen LogP contribution in [0.25, 0.3) is 10.6 Å². The van der Waals surface area contributed by atoms with Crippen LogP contribution in [-0.2, 0) is 11.2 Å². The first-order chi connectivity index (χ1) is 14.7. The van der Waals surface area contributed by atoms with Crippen LogP contribution in [-0.4, -0.2) is 41.0 Å². The summed E-state index contributed by atoms with van der Waals surface area (Å²) in [4.78, 5) is 20.2. The number of thiazole rings is 1. The Balaban J connectivity index is 1.31. The van der Waals surface area contributed by atoms with Gasteiger partial charge in [-0.05, 0) is 38.0 Å². The maximum Gasteiger partial charge on any atom is 0.225 e. The molecule has 1 amide bonds. The smallest absolute Gasteiger partial charge is 0.225 e. The first-order valence-corrected chi connectivity index (χ1v) is 12.3. The van der Waals surface area contributed by atoms with Gasteiger partial charge in [-0.15, -0.1) is 11.3 Å². The third-order valence-electron chi connectivity index (χ3n) is 7.02. The van der Waals surface area contributed by atoms with E-state index in [2.05, 4.69) is 46.4 Å². The highest BCUT2D eigenvalue weighted by atomic mass is 32.1. The number of hydrogen-bond donors (Lipinski definition) is 1. The van der Waals surface area contributed by atoms with Crippen LogP contribution in [0.1, 0.15) is 44.2 Å². The predicted octanol–water partition coefficient (Wildman–Crippen LogP) is 4.68. The zero-order valence-corrected chi connectivity index (χ0v) is 18.4. The molecule has 1 aliphatic heterocycles. The van der Waals surface area contributed by atoms with E-state index in [0.717, 1.165) is 61.0 Å². The molecule has 2 saturated carbocycles. The summed E-state index contributed by atoms with van der Waals surface area (Å²) >= 11 is 1.70. The Morgan fingerprint density at radius 1 is 1.13 bits per heavy atom. The average Bonchev–Trinajstić information content (AvgIpc) is 3.35. The zero-order valence-electron chi connectivity index (χ0n) is 17.6. The molecule has 2 aromatic rings. The van der Waals surface area contributed by atoms with Gasteiger partial charge in [0.1, 0.15) is 5.01 Å². The molecular weight excluding hydrogens is 390 g/mol. The van der Waals surface area contributed by atoms with Crippen molar-refractivity contribution < 1.29 is 4.79 Å². The van der Waals surface area contributed by atoms with Crippen molar-refractivity contribution in [2.45, 2.75) is 57.0 Å². The standard InChI is InChI=1S/C25H31N3OS/c1-17(18-10-11-18)15-26-22-12-13-28(25(29)20-8-5-9-20)23(22)14-21-16-30-24(27-21)19-6-3-2-4-7-19/h2-4,6-7,16,18,20,22-23,26H,1,5,8-15H2. The molecule has 30 heavy (non-hydrogen) atoms. The van der Waals surface area contributed by atoms with Crippen molar-refractivity contribution in [1.29, 1.82) is 0 Å². The molecule has 2 heterocycles. The number of hydrogen-bond acceptors (Lipinski definition) is 4. The molecule has 1 aromatic carbocycles. The maximum atomic E-state index is 13.1. The van der Waals surface area contributed by atoms with Crippen molar-refractivity contribution in [3.05, 3.63) is 53.6 Å². The number of carbonyl (C=O) groups excluding carboxylic acids is 1. The number of benzene rings is 1. The van der Waals surface area contributed by atoms with Crippen molar-refractivity contribution in [3.8, 4) is 10.6 Å². The average molecular weight is 422 g/mol. The minimum atomic E-state index is 0.191. The van der Waals surface area contributed by atoms with Crippen LogP contribution in [0.5, 0.6) is 0 Å². The zero-order chi connectivity index (χ0) is 20.5. The molecule has 5 heteroatoms. The molecule has 5 rings (SSSR count). The van der Waals surface area contributed by atoms with E-state index in [1.165, 1.54) is 24.8 Å². The molecule has 1 N–H and O–H groups in total. The molecule has 2 aliphatic carbocycles. The van der Waals surface area contributed by atoms with Crippen LogP contribution in [0, 0.1) is 11.8 Å². The van der Waals surface area contributed by atoms with Gasteiger partial charge < -0.3 is 10.2 Å². The van der Waals surface area contributed by atoms with Crippen molar-refractivity contribution in [2.24, 2.45) is 11.8 Å². The Labute approximate surface area is 183 Å². The van der Waals surface area contributed by atoms with E-state index in [1.54, 1.807) is 11.3 Å². The van der Waals surface area contributed by atoms with Gasteiger partial charge in [0.2, 0.25) is 5.91 Å². The van der Waals surface area contributed by atoms with Gasteiger partial charge in [-0.25, -0.2) is 4.98 Å². The van der Waals surface area contributed by atoms with Crippen molar-refractivity contribution in [1.82, 2.24) is 15.2 Å². The molecular formula is C25H31N3OS. The number of nitrogens with zero attached hydrogens (tertiary/aromatic N) is 2. The van der Waals surface area contributed by atoms with Gasteiger partial charge in [0.15, 0.2) is 0 Å². The summed E-state index contributed by atoms with van der Waals surface area (Å²) in [6.45, 7) is 6.02. The highest BCUT2D eigenvalue weighted by Gasteiger charge is 2.41. The lowest BCUT2D eigenvalue weighted by atomic mass is 9.84. The lowest BCUT2D eigenvalue weighted by Gasteiger charge is -2.34. The topological polar surface area (TPSA) is 45.2 Å². The first kappa shape index (κ1) is 20.0.